The van der Waals surface area contributed by atoms with E-state index in [1.807, 2.05) is 81.4 Å². The lowest BCUT2D eigenvalue weighted by molar-refractivity contribution is -0.140. The summed E-state index contributed by atoms with van der Waals surface area (Å²) in [6.45, 7) is 5.81. The molecule has 4 aromatic rings. The second-order valence-corrected chi connectivity index (χ2v) is 13.5. The first-order valence-corrected chi connectivity index (χ1v) is 16.8. The quantitative estimate of drug-likeness (QED) is 0.177. The molecule has 0 bridgehead atoms. The van der Waals surface area contributed by atoms with Crippen LogP contribution in [0.1, 0.15) is 35.6 Å². The van der Waals surface area contributed by atoms with Crippen LogP contribution in [0.5, 0.6) is 0 Å². The third-order valence-corrected chi connectivity index (χ3v) is 9.84. The summed E-state index contributed by atoms with van der Waals surface area (Å²) in [4.78, 5) is 29.8. The third-order valence-electron chi connectivity index (χ3n) is 7.54. The first-order valence-electron chi connectivity index (χ1n) is 14.6. The Morgan fingerprint density at radius 2 is 1.45 bits per heavy atom. The van der Waals surface area contributed by atoms with Gasteiger partial charge in [-0.3, -0.25) is 13.9 Å². The van der Waals surface area contributed by atoms with Crippen LogP contribution in [0.4, 0.5) is 5.69 Å². The van der Waals surface area contributed by atoms with Crippen LogP contribution in [-0.2, 0) is 32.6 Å². The molecule has 0 heterocycles. The van der Waals surface area contributed by atoms with E-state index in [0.29, 0.717) is 12.2 Å². The maximum absolute atomic E-state index is 14.5. The van der Waals surface area contributed by atoms with Crippen molar-refractivity contribution in [2.75, 3.05) is 17.4 Å². The summed E-state index contributed by atoms with van der Waals surface area (Å²) in [7, 11) is -4.14. The standard InChI is InChI=1S/C35H38BrN3O4S/c1-4-22-37-35(41)33(23-28-13-7-5-8-14-28)38(24-29-18-20-30(36)21-19-29)34(40)25-39(32-17-11-12-26(2)27(32)3)44(42,43)31-15-9-6-10-16-31/h5-21,33H,4,22-25H2,1-3H3,(H,37,41). The van der Waals surface area contributed by atoms with Gasteiger partial charge in [0, 0.05) is 24.0 Å². The molecule has 0 aliphatic heterocycles. The lowest BCUT2D eigenvalue weighted by Gasteiger charge is -2.34. The predicted molar refractivity (Wildman–Crippen MR) is 179 cm³/mol. The molecule has 7 nitrogen and oxygen atoms in total. The fourth-order valence-corrected chi connectivity index (χ4v) is 6.70. The molecule has 0 radical (unpaired) electrons. The van der Waals surface area contributed by atoms with Crippen LogP contribution in [0.3, 0.4) is 0 Å². The van der Waals surface area contributed by atoms with E-state index in [0.717, 1.165) is 33.1 Å². The van der Waals surface area contributed by atoms with Crippen LogP contribution >= 0.6 is 15.9 Å². The fourth-order valence-electron chi connectivity index (χ4n) is 4.95. The van der Waals surface area contributed by atoms with Crippen molar-refractivity contribution in [1.82, 2.24) is 10.2 Å². The Morgan fingerprint density at radius 1 is 0.818 bits per heavy atom. The van der Waals surface area contributed by atoms with Gasteiger partial charge < -0.3 is 10.2 Å². The van der Waals surface area contributed by atoms with Crippen molar-refractivity contribution in [2.24, 2.45) is 0 Å². The van der Waals surface area contributed by atoms with Gasteiger partial charge in [-0.25, -0.2) is 8.42 Å². The molecule has 1 atom stereocenters. The molecule has 230 valence electrons. The number of nitrogens with one attached hydrogen (secondary N) is 1. The average molecular weight is 677 g/mol. The van der Waals surface area contributed by atoms with Crippen LogP contribution in [-0.4, -0.2) is 44.3 Å². The van der Waals surface area contributed by atoms with Crippen molar-refractivity contribution < 1.29 is 18.0 Å². The molecule has 4 rings (SSSR count). The normalized spacial score (nSPS) is 11.9. The highest BCUT2D eigenvalue weighted by atomic mass is 79.9. The van der Waals surface area contributed by atoms with Crippen LogP contribution in [0.2, 0.25) is 0 Å². The van der Waals surface area contributed by atoms with E-state index in [9.17, 15) is 18.0 Å². The molecule has 0 aromatic heterocycles. The Kier molecular flexibility index (Phi) is 11.4. The minimum Gasteiger partial charge on any atom is -0.354 e. The Bertz CT molecular complexity index is 1660. The molecule has 0 saturated heterocycles. The Balaban J connectivity index is 1.81. The zero-order chi connectivity index (χ0) is 31.7. The number of aryl methyl sites for hydroxylation is 1. The molecule has 0 aliphatic carbocycles. The number of benzene rings is 4. The van der Waals surface area contributed by atoms with Crippen molar-refractivity contribution in [3.63, 3.8) is 0 Å². The minimum absolute atomic E-state index is 0.0784. The molecular weight excluding hydrogens is 638 g/mol. The van der Waals surface area contributed by atoms with E-state index in [1.165, 1.54) is 21.3 Å². The number of hydrogen-bond donors (Lipinski definition) is 1. The Labute approximate surface area is 269 Å². The Morgan fingerprint density at radius 3 is 2.09 bits per heavy atom. The van der Waals surface area contributed by atoms with Gasteiger partial charge in [0.1, 0.15) is 12.6 Å². The average Bonchev–Trinajstić information content (AvgIpc) is 3.03. The van der Waals surface area contributed by atoms with Crippen LogP contribution in [0, 0.1) is 13.8 Å². The minimum atomic E-state index is -4.14. The topological polar surface area (TPSA) is 86.8 Å². The van der Waals surface area contributed by atoms with Gasteiger partial charge in [-0.05, 0) is 72.9 Å². The van der Waals surface area contributed by atoms with E-state index < -0.39 is 28.5 Å². The summed E-state index contributed by atoms with van der Waals surface area (Å²) >= 11 is 3.46. The van der Waals surface area contributed by atoms with E-state index in [-0.39, 0.29) is 23.8 Å². The fraction of sp³-hybridized carbons (Fsp3) is 0.257. The molecule has 1 unspecified atom stereocenters. The molecule has 0 spiro atoms. The highest BCUT2D eigenvalue weighted by Crippen LogP contribution is 2.29. The van der Waals surface area contributed by atoms with Crippen LogP contribution < -0.4 is 9.62 Å². The number of hydrogen-bond acceptors (Lipinski definition) is 4. The number of sulfonamides is 1. The molecule has 2 amide bonds. The van der Waals surface area contributed by atoms with Gasteiger partial charge >= 0.3 is 0 Å². The lowest BCUT2D eigenvalue weighted by Crippen LogP contribution is -2.53. The lowest BCUT2D eigenvalue weighted by atomic mass is 10.0. The van der Waals surface area contributed by atoms with Gasteiger partial charge in [0.05, 0.1) is 10.6 Å². The van der Waals surface area contributed by atoms with E-state index in [4.69, 9.17) is 0 Å². The first-order chi connectivity index (χ1) is 21.1. The van der Waals surface area contributed by atoms with Crippen molar-refractivity contribution >= 4 is 43.5 Å². The second kappa shape index (κ2) is 15.2. The van der Waals surface area contributed by atoms with E-state index in [1.54, 1.807) is 30.3 Å². The highest BCUT2D eigenvalue weighted by molar-refractivity contribution is 9.10. The van der Waals surface area contributed by atoms with Gasteiger partial charge in [-0.15, -0.1) is 0 Å². The van der Waals surface area contributed by atoms with Gasteiger partial charge in [-0.2, -0.15) is 0 Å². The maximum Gasteiger partial charge on any atom is 0.264 e. The van der Waals surface area contributed by atoms with E-state index in [2.05, 4.69) is 21.2 Å². The summed E-state index contributed by atoms with van der Waals surface area (Å²) in [6.07, 6.45) is 1.01. The van der Waals surface area contributed by atoms with Crippen LogP contribution in [0.15, 0.2) is 112 Å². The summed E-state index contributed by atoms with van der Waals surface area (Å²) in [5, 5.41) is 2.97. The summed E-state index contributed by atoms with van der Waals surface area (Å²) in [6, 6.07) is 29.7. The Hall–Kier alpha value is -3.95. The molecule has 4 aromatic carbocycles. The number of carbonyl (C=O) groups is 2. The summed E-state index contributed by atoms with van der Waals surface area (Å²) in [5.41, 5.74) is 3.77. The third kappa shape index (κ3) is 8.15. The molecule has 9 heteroatoms. The maximum atomic E-state index is 14.5. The van der Waals surface area contributed by atoms with E-state index >= 15 is 0 Å². The zero-order valence-corrected chi connectivity index (χ0v) is 27.6. The number of anilines is 1. The summed E-state index contributed by atoms with van der Waals surface area (Å²) < 4.78 is 30.4. The highest BCUT2D eigenvalue weighted by Gasteiger charge is 2.35. The molecule has 44 heavy (non-hydrogen) atoms. The molecular formula is C35H38BrN3O4S. The second-order valence-electron chi connectivity index (χ2n) is 10.7. The predicted octanol–water partition coefficient (Wildman–Crippen LogP) is 6.43. The first kappa shape index (κ1) is 33.0. The number of nitrogens with zero attached hydrogens (tertiary/aromatic N) is 2. The number of amides is 2. The molecule has 0 saturated carbocycles. The zero-order valence-electron chi connectivity index (χ0n) is 25.2. The SMILES string of the molecule is CCCNC(=O)C(Cc1ccccc1)N(Cc1ccc(Br)cc1)C(=O)CN(c1cccc(C)c1C)S(=O)(=O)c1ccccc1. The molecule has 0 fully saturated rings. The smallest absolute Gasteiger partial charge is 0.264 e. The van der Waals surface area contributed by atoms with Gasteiger partial charge in [0.15, 0.2) is 0 Å². The van der Waals surface area contributed by atoms with Gasteiger partial charge in [-0.1, -0.05) is 95.7 Å². The molecule has 0 aliphatic rings. The number of halogens is 1. The van der Waals surface area contributed by atoms with Crippen molar-refractivity contribution in [2.45, 2.75) is 51.1 Å². The van der Waals surface area contributed by atoms with Crippen LogP contribution in [0.25, 0.3) is 0 Å². The largest absolute Gasteiger partial charge is 0.354 e. The number of rotatable bonds is 13. The van der Waals surface area contributed by atoms with Crippen molar-refractivity contribution in [1.29, 1.82) is 0 Å². The van der Waals surface area contributed by atoms with Gasteiger partial charge in [0.2, 0.25) is 11.8 Å². The monoisotopic (exact) mass is 675 g/mol. The van der Waals surface area contributed by atoms with Gasteiger partial charge in [0.25, 0.3) is 10.0 Å². The molecule has 1 N–H and O–H groups in total. The van der Waals surface area contributed by atoms with Crippen molar-refractivity contribution in [3.05, 3.63) is 130 Å². The summed E-state index contributed by atoms with van der Waals surface area (Å²) in [5.74, 6) is -0.772. The number of carbonyl (C=O) groups excluding carboxylic acids is 2. The van der Waals surface area contributed by atoms with Crippen molar-refractivity contribution in [3.8, 4) is 0 Å².